The number of hydrogen-bond acceptors (Lipinski definition) is 2. The SMILES string of the molecule is C#C[C@H](NC(=O)NC1CCN(C2CCCC2)CC1)C(C)C. The fraction of sp³-hybridized carbons (Fsp3) is 0.824. The molecule has 1 saturated carbocycles. The molecule has 4 nitrogen and oxygen atoms in total. The lowest BCUT2D eigenvalue weighted by atomic mass is 10.0. The average molecular weight is 291 g/mol. The Morgan fingerprint density at radius 1 is 1.19 bits per heavy atom. The maximum absolute atomic E-state index is 12.0. The van der Waals surface area contributed by atoms with Gasteiger partial charge in [0.1, 0.15) is 0 Å². The molecule has 1 aliphatic heterocycles. The van der Waals surface area contributed by atoms with Gasteiger partial charge in [0.15, 0.2) is 0 Å². The van der Waals surface area contributed by atoms with E-state index >= 15 is 0 Å². The maximum Gasteiger partial charge on any atom is 0.315 e. The van der Waals surface area contributed by atoms with Gasteiger partial charge in [0.25, 0.3) is 0 Å². The van der Waals surface area contributed by atoms with E-state index in [1.54, 1.807) is 0 Å². The average Bonchev–Trinajstić information content (AvgIpc) is 2.99. The third-order valence-electron chi connectivity index (χ3n) is 4.84. The van der Waals surface area contributed by atoms with Gasteiger partial charge in [-0.1, -0.05) is 32.6 Å². The number of hydrogen-bond donors (Lipinski definition) is 2. The molecular formula is C17H29N3O. The van der Waals surface area contributed by atoms with E-state index < -0.39 is 0 Å². The van der Waals surface area contributed by atoms with Crippen molar-refractivity contribution in [2.24, 2.45) is 5.92 Å². The Bertz CT molecular complexity index is 374. The summed E-state index contributed by atoms with van der Waals surface area (Å²) in [6.45, 7) is 6.26. The molecule has 0 bridgehead atoms. The van der Waals surface area contributed by atoms with Gasteiger partial charge in [-0.25, -0.2) is 4.79 Å². The van der Waals surface area contributed by atoms with Crippen molar-refractivity contribution in [2.45, 2.75) is 70.5 Å². The zero-order chi connectivity index (χ0) is 15.2. The van der Waals surface area contributed by atoms with Gasteiger partial charge in [-0.15, -0.1) is 6.42 Å². The molecule has 2 N–H and O–H groups in total. The molecular weight excluding hydrogens is 262 g/mol. The Morgan fingerprint density at radius 2 is 1.81 bits per heavy atom. The van der Waals surface area contributed by atoms with Gasteiger partial charge in [0.2, 0.25) is 0 Å². The normalized spacial score (nSPS) is 23.0. The summed E-state index contributed by atoms with van der Waals surface area (Å²) in [5, 5.41) is 5.96. The molecule has 2 fully saturated rings. The number of likely N-dealkylation sites (tertiary alicyclic amines) is 1. The fourth-order valence-electron chi connectivity index (χ4n) is 3.45. The molecule has 0 unspecified atom stereocenters. The van der Waals surface area contributed by atoms with E-state index in [0.717, 1.165) is 32.0 Å². The number of carbonyl (C=O) groups excluding carboxylic acids is 1. The first-order chi connectivity index (χ1) is 10.1. The standard InChI is InChI=1S/C17H29N3O/c1-4-16(13(2)3)19-17(21)18-14-9-11-20(12-10-14)15-7-5-6-8-15/h1,13-16H,5-12H2,2-3H3,(H2,18,19,21)/t16-/m0/s1. The summed E-state index contributed by atoms with van der Waals surface area (Å²) in [4.78, 5) is 14.6. The van der Waals surface area contributed by atoms with Crippen molar-refractivity contribution in [1.82, 2.24) is 15.5 Å². The van der Waals surface area contributed by atoms with Crippen LogP contribution in [0.4, 0.5) is 4.79 Å². The number of rotatable bonds is 4. The van der Waals surface area contributed by atoms with Crippen molar-refractivity contribution in [2.75, 3.05) is 13.1 Å². The summed E-state index contributed by atoms with van der Waals surface area (Å²) in [5.41, 5.74) is 0. The van der Waals surface area contributed by atoms with E-state index in [1.807, 2.05) is 13.8 Å². The Hall–Kier alpha value is -1.21. The van der Waals surface area contributed by atoms with Crippen LogP contribution in [-0.2, 0) is 0 Å². The Morgan fingerprint density at radius 3 is 2.33 bits per heavy atom. The number of carbonyl (C=O) groups is 1. The first kappa shape index (κ1) is 16.2. The van der Waals surface area contributed by atoms with E-state index in [2.05, 4.69) is 21.5 Å². The van der Waals surface area contributed by atoms with E-state index in [1.165, 1.54) is 25.7 Å². The van der Waals surface area contributed by atoms with Crippen LogP contribution in [0.5, 0.6) is 0 Å². The minimum atomic E-state index is -0.191. The number of nitrogens with one attached hydrogen (secondary N) is 2. The predicted octanol–water partition coefficient (Wildman–Crippen LogP) is 2.35. The smallest absolute Gasteiger partial charge is 0.315 e. The second kappa shape index (κ2) is 7.70. The highest BCUT2D eigenvalue weighted by Crippen LogP contribution is 2.26. The Balaban J connectivity index is 1.70. The van der Waals surface area contributed by atoms with Gasteiger partial charge in [0, 0.05) is 25.2 Å². The van der Waals surface area contributed by atoms with Gasteiger partial charge in [-0.2, -0.15) is 0 Å². The monoisotopic (exact) mass is 291 g/mol. The molecule has 0 aromatic heterocycles. The van der Waals surface area contributed by atoms with Gasteiger partial charge >= 0.3 is 6.03 Å². The summed E-state index contributed by atoms with van der Waals surface area (Å²) in [6.07, 6.45) is 13.0. The lowest BCUT2D eigenvalue weighted by Gasteiger charge is -2.36. The first-order valence-electron chi connectivity index (χ1n) is 8.37. The highest BCUT2D eigenvalue weighted by atomic mass is 16.2. The molecule has 1 atom stereocenters. The summed E-state index contributed by atoms with van der Waals surface area (Å²) in [5.74, 6) is 2.89. The van der Waals surface area contributed by atoms with Gasteiger partial charge < -0.3 is 15.5 Å². The quantitative estimate of drug-likeness (QED) is 0.781. The number of urea groups is 1. The van der Waals surface area contributed by atoms with Crippen LogP contribution >= 0.6 is 0 Å². The predicted molar refractivity (Wildman–Crippen MR) is 86.0 cm³/mol. The number of terminal acetylenes is 1. The molecule has 0 aromatic rings. The summed E-state index contributed by atoms with van der Waals surface area (Å²) in [6, 6.07) is 0.773. The molecule has 1 heterocycles. The number of amides is 2. The molecule has 0 radical (unpaired) electrons. The van der Waals surface area contributed by atoms with Crippen LogP contribution in [0.25, 0.3) is 0 Å². The van der Waals surface area contributed by atoms with E-state index in [9.17, 15) is 4.79 Å². The van der Waals surface area contributed by atoms with Crippen molar-refractivity contribution in [3.05, 3.63) is 0 Å². The van der Waals surface area contributed by atoms with Crippen molar-refractivity contribution in [1.29, 1.82) is 0 Å². The summed E-state index contributed by atoms with van der Waals surface area (Å²) < 4.78 is 0. The fourth-order valence-corrected chi connectivity index (χ4v) is 3.45. The van der Waals surface area contributed by atoms with Crippen molar-refractivity contribution >= 4 is 6.03 Å². The van der Waals surface area contributed by atoms with Crippen LogP contribution in [0.15, 0.2) is 0 Å². The zero-order valence-corrected chi connectivity index (χ0v) is 13.4. The third kappa shape index (κ3) is 4.64. The Labute approximate surface area is 129 Å². The van der Waals surface area contributed by atoms with Crippen LogP contribution in [0, 0.1) is 18.3 Å². The van der Waals surface area contributed by atoms with Gasteiger partial charge in [0.05, 0.1) is 6.04 Å². The van der Waals surface area contributed by atoms with E-state index in [4.69, 9.17) is 6.42 Å². The summed E-state index contributed by atoms with van der Waals surface area (Å²) >= 11 is 0. The maximum atomic E-state index is 12.0. The van der Waals surface area contributed by atoms with Crippen LogP contribution < -0.4 is 10.6 Å². The molecule has 2 amide bonds. The highest BCUT2D eigenvalue weighted by Gasteiger charge is 2.27. The van der Waals surface area contributed by atoms with Crippen LogP contribution in [0.2, 0.25) is 0 Å². The second-order valence-electron chi connectivity index (χ2n) is 6.75. The lowest BCUT2D eigenvalue weighted by Crippen LogP contribution is -2.51. The van der Waals surface area contributed by atoms with E-state index in [-0.39, 0.29) is 24.0 Å². The third-order valence-corrected chi connectivity index (χ3v) is 4.84. The molecule has 0 spiro atoms. The molecule has 2 rings (SSSR count). The van der Waals surface area contributed by atoms with Gasteiger partial charge in [-0.05, 0) is 31.6 Å². The summed E-state index contributed by atoms with van der Waals surface area (Å²) in [7, 11) is 0. The van der Waals surface area contributed by atoms with Crippen LogP contribution in [0.3, 0.4) is 0 Å². The largest absolute Gasteiger partial charge is 0.335 e. The molecule has 21 heavy (non-hydrogen) atoms. The van der Waals surface area contributed by atoms with Crippen molar-refractivity contribution in [3.8, 4) is 12.3 Å². The van der Waals surface area contributed by atoms with Gasteiger partial charge in [-0.3, -0.25) is 0 Å². The first-order valence-corrected chi connectivity index (χ1v) is 8.37. The number of nitrogens with zero attached hydrogens (tertiary/aromatic N) is 1. The molecule has 1 aliphatic carbocycles. The molecule has 4 heteroatoms. The van der Waals surface area contributed by atoms with Crippen LogP contribution in [0.1, 0.15) is 52.4 Å². The molecule has 2 aliphatic rings. The van der Waals surface area contributed by atoms with Crippen molar-refractivity contribution in [3.63, 3.8) is 0 Å². The zero-order valence-electron chi connectivity index (χ0n) is 13.4. The lowest BCUT2D eigenvalue weighted by molar-refractivity contribution is 0.145. The molecule has 0 aromatic carbocycles. The number of piperidine rings is 1. The highest BCUT2D eigenvalue weighted by molar-refractivity contribution is 5.75. The molecule has 118 valence electrons. The second-order valence-corrected chi connectivity index (χ2v) is 6.75. The Kier molecular flexibility index (Phi) is 5.93. The van der Waals surface area contributed by atoms with Crippen molar-refractivity contribution < 1.29 is 4.79 Å². The minimum Gasteiger partial charge on any atom is -0.335 e. The van der Waals surface area contributed by atoms with Crippen LogP contribution in [-0.4, -0.2) is 42.1 Å². The molecule has 1 saturated heterocycles. The van der Waals surface area contributed by atoms with E-state index in [0.29, 0.717) is 0 Å². The topological polar surface area (TPSA) is 44.4 Å². The minimum absolute atomic E-state index is 0.119.